The number of rotatable bonds is 6. The van der Waals surface area contributed by atoms with Gasteiger partial charge in [0.1, 0.15) is 18.6 Å². The molecule has 1 amide bonds. The summed E-state index contributed by atoms with van der Waals surface area (Å²) >= 11 is 5.90. The number of carbonyl (C=O) groups excluding carboxylic acids is 2. The fraction of sp³-hybridized carbons (Fsp3) is 0.263. The zero-order valence-electron chi connectivity index (χ0n) is 13.7. The van der Waals surface area contributed by atoms with Crippen molar-refractivity contribution in [2.45, 2.75) is 19.6 Å². The first-order valence-electron chi connectivity index (χ1n) is 7.95. The summed E-state index contributed by atoms with van der Waals surface area (Å²) in [6.07, 6.45) is -0.640. The Hall–Kier alpha value is -2.37. The van der Waals surface area contributed by atoms with Crippen LogP contribution in [0.2, 0.25) is 5.02 Å². The van der Waals surface area contributed by atoms with Crippen LogP contribution in [0.4, 0.5) is 0 Å². The molecule has 0 aliphatic carbocycles. The molecule has 2 atom stereocenters. The van der Waals surface area contributed by atoms with E-state index in [0.717, 1.165) is 11.1 Å². The zero-order valence-corrected chi connectivity index (χ0v) is 14.5. The summed E-state index contributed by atoms with van der Waals surface area (Å²) in [5.41, 5.74) is 1.72. The van der Waals surface area contributed by atoms with Crippen LogP contribution in [0.15, 0.2) is 54.6 Å². The van der Waals surface area contributed by atoms with E-state index in [1.807, 2.05) is 30.3 Å². The van der Waals surface area contributed by atoms with E-state index >= 15 is 0 Å². The number of hydrogen-bond donors (Lipinski definition) is 0. The molecule has 0 aromatic heterocycles. The lowest BCUT2D eigenvalue weighted by molar-refractivity contribution is -0.235. The topological polar surface area (TPSA) is 55.8 Å². The van der Waals surface area contributed by atoms with Crippen LogP contribution in [-0.2, 0) is 25.8 Å². The van der Waals surface area contributed by atoms with Crippen LogP contribution in [0.1, 0.15) is 24.2 Å². The van der Waals surface area contributed by atoms with Crippen molar-refractivity contribution in [3.63, 3.8) is 0 Å². The van der Waals surface area contributed by atoms with Gasteiger partial charge < -0.3 is 4.74 Å². The minimum absolute atomic E-state index is 0.197. The second-order valence-corrected chi connectivity index (χ2v) is 6.28. The molecule has 1 heterocycles. The fourth-order valence-electron chi connectivity index (χ4n) is 2.70. The molecular formula is C19H18ClNO4. The minimum Gasteiger partial charge on any atom is -0.457 e. The highest BCUT2D eigenvalue weighted by Crippen LogP contribution is 2.35. The molecule has 0 saturated carbocycles. The van der Waals surface area contributed by atoms with Gasteiger partial charge in [-0.05, 0) is 23.3 Å². The number of nitrogens with zero attached hydrogens (tertiary/aromatic N) is 1. The van der Waals surface area contributed by atoms with Crippen molar-refractivity contribution in [1.29, 1.82) is 0 Å². The van der Waals surface area contributed by atoms with Gasteiger partial charge in [0, 0.05) is 11.9 Å². The summed E-state index contributed by atoms with van der Waals surface area (Å²) in [6, 6.07) is 16.5. The summed E-state index contributed by atoms with van der Waals surface area (Å²) in [6.45, 7) is 2.01. The molecule has 2 aromatic carbocycles. The van der Waals surface area contributed by atoms with Gasteiger partial charge in [0.15, 0.2) is 0 Å². The second-order valence-electron chi connectivity index (χ2n) is 5.85. The Morgan fingerprint density at radius 1 is 1.20 bits per heavy atom. The first-order chi connectivity index (χ1) is 12.0. The van der Waals surface area contributed by atoms with Gasteiger partial charge in [-0.1, -0.05) is 54.1 Å². The van der Waals surface area contributed by atoms with Crippen molar-refractivity contribution >= 4 is 23.5 Å². The van der Waals surface area contributed by atoms with E-state index in [4.69, 9.17) is 21.2 Å². The van der Waals surface area contributed by atoms with Crippen LogP contribution in [-0.4, -0.2) is 23.5 Å². The predicted molar refractivity (Wildman–Crippen MR) is 92.4 cm³/mol. The minimum atomic E-state index is -0.640. The number of benzene rings is 2. The van der Waals surface area contributed by atoms with Crippen molar-refractivity contribution in [3.8, 4) is 0 Å². The maximum atomic E-state index is 12.4. The van der Waals surface area contributed by atoms with Gasteiger partial charge in [-0.25, -0.2) is 5.06 Å². The molecule has 0 spiro atoms. The summed E-state index contributed by atoms with van der Waals surface area (Å²) in [5, 5.41) is 1.89. The maximum Gasteiger partial charge on any atom is 0.303 e. The summed E-state index contributed by atoms with van der Waals surface area (Å²) in [4.78, 5) is 29.4. The molecule has 6 heteroatoms. The summed E-state index contributed by atoms with van der Waals surface area (Å²) in [5.74, 6) is -1.09. The van der Waals surface area contributed by atoms with E-state index in [9.17, 15) is 9.59 Å². The number of ether oxygens (including phenoxy) is 1. The Morgan fingerprint density at radius 2 is 1.88 bits per heavy atom. The van der Waals surface area contributed by atoms with Crippen molar-refractivity contribution in [3.05, 3.63) is 70.7 Å². The van der Waals surface area contributed by atoms with E-state index in [2.05, 4.69) is 0 Å². The number of esters is 1. The lowest BCUT2D eigenvalue weighted by Crippen LogP contribution is -2.54. The quantitative estimate of drug-likeness (QED) is 0.584. The largest absolute Gasteiger partial charge is 0.457 e. The van der Waals surface area contributed by atoms with Gasteiger partial charge in [0.05, 0.1) is 6.54 Å². The van der Waals surface area contributed by atoms with Crippen LogP contribution < -0.4 is 0 Å². The Labute approximate surface area is 151 Å². The smallest absolute Gasteiger partial charge is 0.303 e. The summed E-state index contributed by atoms with van der Waals surface area (Å²) in [7, 11) is 0. The normalized spacial score (nSPS) is 17.8. The number of halogens is 1. The highest BCUT2D eigenvalue weighted by molar-refractivity contribution is 6.30. The molecule has 25 heavy (non-hydrogen) atoms. The Morgan fingerprint density at radius 3 is 2.48 bits per heavy atom. The SMILES string of the molecule is CC(=O)O[C@H](c1ccc(Cl)cc1)[C@@H]1CN(OCc2ccccc2)C1=O. The van der Waals surface area contributed by atoms with Crippen molar-refractivity contribution in [2.75, 3.05) is 6.54 Å². The van der Waals surface area contributed by atoms with E-state index < -0.39 is 18.0 Å². The van der Waals surface area contributed by atoms with Crippen LogP contribution in [0.25, 0.3) is 0 Å². The van der Waals surface area contributed by atoms with Crippen LogP contribution in [0.5, 0.6) is 0 Å². The van der Waals surface area contributed by atoms with Crippen LogP contribution >= 0.6 is 11.6 Å². The second kappa shape index (κ2) is 7.68. The highest BCUT2D eigenvalue weighted by Gasteiger charge is 2.45. The van der Waals surface area contributed by atoms with Crippen LogP contribution in [0, 0.1) is 5.92 Å². The Kier molecular flexibility index (Phi) is 5.36. The molecule has 0 radical (unpaired) electrons. The monoisotopic (exact) mass is 359 g/mol. The lowest BCUT2D eigenvalue weighted by atomic mass is 9.89. The molecule has 0 unspecified atom stereocenters. The first kappa shape index (κ1) is 17.5. The van der Waals surface area contributed by atoms with Gasteiger partial charge in [-0.2, -0.15) is 0 Å². The van der Waals surface area contributed by atoms with Crippen molar-refractivity contribution in [2.24, 2.45) is 5.92 Å². The van der Waals surface area contributed by atoms with E-state index in [-0.39, 0.29) is 5.91 Å². The average Bonchev–Trinajstić information content (AvgIpc) is 2.60. The van der Waals surface area contributed by atoms with E-state index in [0.29, 0.717) is 18.2 Å². The molecule has 2 aromatic rings. The van der Waals surface area contributed by atoms with E-state index in [1.54, 1.807) is 24.3 Å². The zero-order chi connectivity index (χ0) is 17.8. The van der Waals surface area contributed by atoms with E-state index in [1.165, 1.54) is 12.0 Å². The van der Waals surface area contributed by atoms with Gasteiger partial charge in [0.25, 0.3) is 5.91 Å². The molecule has 5 nitrogen and oxygen atoms in total. The first-order valence-corrected chi connectivity index (χ1v) is 8.33. The van der Waals surface area contributed by atoms with Gasteiger partial charge in [-0.3, -0.25) is 14.4 Å². The Balaban J connectivity index is 1.64. The molecule has 1 fully saturated rings. The van der Waals surface area contributed by atoms with Crippen molar-refractivity contribution < 1.29 is 19.2 Å². The number of hydrogen-bond acceptors (Lipinski definition) is 4. The standard InChI is InChI=1S/C19H18ClNO4/c1-13(22)25-18(15-7-9-16(20)10-8-15)17-11-21(19(17)23)24-12-14-5-3-2-4-6-14/h2-10,17-18H,11-12H2,1H3/t17-,18+/m0/s1. The predicted octanol–water partition coefficient (Wildman–Crippen LogP) is 3.53. The molecule has 0 bridgehead atoms. The third kappa shape index (κ3) is 4.18. The van der Waals surface area contributed by atoms with Gasteiger partial charge >= 0.3 is 5.97 Å². The van der Waals surface area contributed by atoms with Crippen molar-refractivity contribution in [1.82, 2.24) is 5.06 Å². The number of amides is 1. The maximum absolute atomic E-state index is 12.4. The van der Waals surface area contributed by atoms with Crippen LogP contribution in [0.3, 0.4) is 0 Å². The molecule has 130 valence electrons. The number of carbonyl (C=O) groups is 2. The molecule has 1 aliphatic heterocycles. The number of hydroxylamine groups is 2. The highest BCUT2D eigenvalue weighted by atomic mass is 35.5. The molecule has 0 N–H and O–H groups in total. The fourth-order valence-corrected chi connectivity index (χ4v) is 2.83. The third-order valence-corrected chi connectivity index (χ3v) is 4.26. The average molecular weight is 360 g/mol. The molecular weight excluding hydrogens is 342 g/mol. The molecule has 1 saturated heterocycles. The summed E-state index contributed by atoms with van der Waals surface area (Å²) < 4.78 is 5.38. The molecule has 3 rings (SSSR count). The Bertz CT molecular complexity index is 748. The number of β-lactam (4-membered cyclic amide) rings is 1. The van der Waals surface area contributed by atoms with Gasteiger partial charge in [-0.15, -0.1) is 0 Å². The molecule has 1 aliphatic rings. The third-order valence-electron chi connectivity index (χ3n) is 4.01. The van der Waals surface area contributed by atoms with Gasteiger partial charge in [0.2, 0.25) is 0 Å². The lowest BCUT2D eigenvalue weighted by Gasteiger charge is -2.40.